The summed E-state index contributed by atoms with van der Waals surface area (Å²) in [6, 6.07) is 0. The van der Waals surface area contributed by atoms with Crippen molar-refractivity contribution in [3.8, 4) is 0 Å². The number of nitrogens with zero attached hydrogens (tertiary/aromatic N) is 3. The van der Waals surface area contributed by atoms with Crippen LogP contribution >= 0.6 is 0 Å². The summed E-state index contributed by atoms with van der Waals surface area (Å²) in [7, 11) is 0. The fourth-order valence-corrected chi connectivity index (χ4v) is 3.50. The molecule has 21 heavy (non-hydrogen) atoms. The summed E-state index contributed by atoms with van der Waals surface area (Å²) in [6.45, 7) is 4.68. The lowest BCUT2D eigenvalue weighted by molar-refractivity contribution is -0.123. The molecule has 1 amide bonds. The maximum atomic E-state index is 12.3. The summed E-state index contributed by atoms with van der Waals surface area (Å²) in [5.41, 5.74) is 6.28. The molecule has 0 bridgehead atoms. The molecule has 2 aliphatic heterocycles. The van der Waals surface area contributed by atoms with Crippen LogP contribution in [0.4, 0.5) is 0 Å². The van der Waals surface area contributed by atoms with Gasteiger partial charge < -0.3 is 16.0 Å². The van der Waals surface area contributed by atoms with Gasteiger partial charge in [0.2, 0.25) is 5.96 Å². The van der Waals surface area contributed by atoms with Crippen LogP contribution in [0, 0.1) is 0 Å². The number of amides is 1. The van der Waals surface area contributed by atoms with E-state index >= 15 is 0 Å². The van der Waals surface area contributed by atoms with Gasteiger partial charge >= 0.3 is 0 Å². The number of carbonyl (C=O) groups excluding carboxylic acids is 1. The highest BCUT2D eigenvalue weighted by Crippen LogP contribution is 2.40. The van der Waals surface area contributed by atoms with Crippen molar-refractivity contribution in [2.75, 3.05) is 6.54 Å². The van der Waals surface area contributed by atoms with Crippen molar-refractivity contribution in [1.82, 2.24) is 10.2 Å². The fourth-order valence-electron chi connectivity index (χ4n) is 3.50. The molecule has 0 unspecified atom stereocenters. The molecule has 0 aromatic carbocycles. The predicted molar refractivity (Wildman–Crippen MR) is 82.6 cm³/mol. The van der Waals surface area contributed by atoms with E-state index in [0.717, 1.165) is 25.7 Å². The molecule has 2 heterocycles. The van der Waals surface area contributed by atoms with Gasteiger partial charge in [-0.05, 0) is 18.9 Å². The van der Waals surface area contributed by atoms with Crippen molar-refractivity contribution < 1.29 is 4.79 Å². The standard InChI is InChI=1S/C15H21N5O/c1-11-19-14(16)17-9-5-6-12-13(21)18-10-15(20(11)12)7-3-2-4-8-15/h6,9H,1-5,7-8,10H2,(H2,16,19)(H,18,21)/b12-6-,17-9-. The Labute approximate surface area is 124 Å². The average Bonchev–Trinajstić information content (AvgIpc) is 2.54. The van der Waals surface area contributed by atoms with Gasteiger partial charge in [0.05, 0.1) is 5.54 Å². The van der Waals surface area contributed by atoms with Crippen LogP contribution in [0.15, 0.2) is 34.2 Å². The lowest BCUT2D eigenvalue weighted by atomic mass is 9.78. The van der Waals surface area contributed by atoms with E-state index in [1.165, 1.54) is 6.42 Å². The Morgan fingerprint density at radius 3 is 2.86 bits per heavy atom. The first kappa shape index (κ1) is 13.9. The molecule has 1 aliphatic carbocycles. The molecule has 0 aromatic heterocycles. The molecule has 1 saturated carbocycles. The number of piperazine rings is 1. The molecule has 112 valence electrons. The quantitative estimate of drug-likeness (QED) is 0.703. The van der Waals surface area contributed by atoms with Gasteiger partial charge in [-0.1, -0.05) is 25.8 Å². The van der Waals surface area contributed by atoms with Gasteiger partial charge in [0.15, 0.2) is 0 Å². The normalized spacial score (nSPS) is 31.7. The molecule has 3 aliphatic rings. The smallest absolute Gasteiger partial charge is 0.267 e. The summed E-state index contributed by atoms with van der Waals surface area (Å²) in [6.07, 6.45) is 9.71. The van der Waals surface area contributed by atoms with Gasteiger partial charge in [0, 0.05) is 19.2 Å². The molecule has 3 rings (SSSR count). The number of guanidine groups is 1. The Morgan fingerprint density at radius 2 is 2.10 bits per heavy atom. The van der Waals surface area contributed by atoms with Crippen molar-refractivity contribution in [3.05, 3.63) is 24.2 Å². The van der Waals surface area contributed by atoms with Crippen LogP contribution in [0.25, 0.3) is 0 Å². The van der Waals surface area contributed by atoms with Gasteiger partial charge in [-0.25, -0.2) is 4.99 Å². The van der Waals surface area contributed by atoms with E-state index in [1.807, 2.05) is 11.0 Å². The summed E-state index contributed by atoms with van der Waals surface area (Å²) >= 11 is 0. The zero-order valence-corrected chi connectivity index (χ0v) is 12.1. The van der Waals surface area contributed by atoms with E-state index in [1.54, 1.807) is 6.21 Å². The van der Waals surface area contributed by atoms with Crippen molar-refractivity contribution in [2.45, 2.75) is 44.1 Å². The molecule has 2 fully saturated rings. The molecule has 0 atom stereocenters. The van der Waals surface area contributed by atoms with Crippen molar-refractivity contribution in [3.63, 3.8) is 0 Å². The van der Waals surface area contributed by atoms with Gasteiger partial charge in [-0.2, -0.15) is 4.99 Å². The van der Waals surface area contributed by atoms with Crippen LogP contribution in [-0.2, 0) is 4.79 Å². The van der Waals surface area contributed by atoms with Gasteiger partial charge in [-0.3, -0.25) is 4.79 Å². The highest BCUT2D eigenvalue weighted by Gasteiger charge is 2.45. The number of aliphatic imine (C=N–C) groups is 2. The Balaban J connectivity index is 2.06. The lowest BCUT2D eigenvalue weighted by Crippen LogP contribution is -2.61. The van der Waals surface area contributed by atoms with Crippen LogP contribution in [0.3, 0.4) is 0 Å². The Bertz CT molecular complexity index is 554. The first-order valence-corrected chi connectivity index (χ1v) is 7.47. The Kier molecular flexibility index (Phi) is 3.53. The van der Waals surface area contributed by atoms with E-state index in [2.05, 4.69) is 21.9 Å². The second-order valence-electron chi connectivity index (χ2n) is 5.83. The number of carbonyl (C=O) groups is 1. The fraction of sp³-hybridized carbons (Fsp3) is 0.533. The number of hydrogen-bond acceptors (Lipinski definition) is 5. The Hall–Kier alpha value is -2.11. The number of nitrogens with two attached hydrogens (primary N) is 1. The highest BCUT2D eigenvalue weighted by molar-refractivity contribution is 5.95. The van der Waals surface area contributed by atoms with E-state index in [4.69, 9.17) is 5.73 Å². The van der Waals surface area contributed by atoms with E-state index in [-0.39, 0.29) is 17.4 Å². The van der Waals surface area contributed by atoms with E-state index in [9.17, 15) is 4.79 Å². The van der Waals surface area contributed by atoms with Crippen LogP contribution in [0.2, 0.25) is 0 Å². The minimum Gasteiger partial charge on any atom is -0.368 e. The van der Waals surface area contributed by atoms with Crippen molar-refractivity contribution >= 4 is 18.1 Å². The third-order valence-electron chi connectivity index (χ3n) is 4.45. The second-order valence-corrected chi connectivity index (χ2v) is 5.83. The third-order valence-corrected chi connectivity index (χ3v) is 4.45. The summed E-state index contributed by atoms with van der Waals surface area (Å²) in [5, 5.41) is 3.03. The second kappa shape index (κ2) is 5.35. The van der Waals surface area contributed by atoms with Crippen molar-refractivity contribution in [2.24, 2.45) is 15.7 Å². The Morgan fingerprint density at radius 1 is 1.33 bits per heavy atom. The molecule has 1 saturated heterocycles. The summed E-state index contributed by atoms with van der Waals surface area (Å²) in [5.74, 6) is 0.623. The highest BCUT2D eigenvalue weighted by atomic mass is 16.2. The van der Waals surface area contributed by atoms with Crippen LogP contribution in [0.5, 0.6) is 0 Å². The van der Waals surface area contributed by atoms with Gasteiger partial charge in [0.25, 0.3) is 5.91 Å². The SMILES string of the molecule is C=C1/N=C(N)\N=C/C/C=C2/C(=O)NCC3(CCCCC3)N12. The number of rotatable bonds is 0. The number of fused-ring (bicyclic) bond motifs is 2. The summed E-state index contributed by atoms with van der Waals surface area (Å²) < 4.78 is 0. The number of nitrogens with one attached hydrogen (secondary N) is 1. The number of allylic oxidation sites excluding steroid dienone is 1. The van der Waals surface area contributed by atoms with Crippen LogP contribution < -0.4 is 11.1 Å². The molecule has 1 spiro atoms. The molecule has 0 radical (unpaired) electrons. The zero-order chi connectivity index (χ0) is 14.9. The van der Waals surface area contributed by atoms with Crippen LogP contribution in [0.1, 0.15) is 38.5 Å². The van der Waals surface area contributed by atoms with Crippen molar-refractivity contribution in [1.29, 1.82) is 0 Å². The monoisotopic (exact) mass is 287 g/mol. The molecular formula is C15H21N5O. The molecule has 6 nitrogen and oxygen atoms in total. The predicted octanol–water partition coefficient (Wildman–Crippen LogP) is 1.27. The van der Waals surface area contributed by atoms with Gasteiger partial charge in [0.1, 0.15) is 11.5 Å². The minimum atomic E-state index is -0.122. The number of hydrogen-bond donors (Lipinski definition) is 2. The molecule has 6 heteroatoms. The maximum absolute atomic E-state index is 12.3. The molecule has 0 aromatic rings. The topological polar surface area (TPSA) is 83.1 Å². The summed E-state index contributed by atoms with van der Waals surface area (Å²) in [4.78, 5) is 22.6. The van der Waals surface area contributed by atoms with E-state index < -0.39 is 0 Å². The first-order valence-electron chi connectivity index (χ1n) is 7.47. The molecule has 3 N–H and O–H groups in total. The minimum absolute atomic E-state index is 0.0728. The molecular weight excluding hydrogens is 266 g/mol. The van der Waals surface area contributed by atoms with Crippen LogP contribution in [-0.4, -0.2) is 35.1 Å². The maximum Gasteiger partial charge on any atom is 0.267 e. The largest absolute Gasteiger partial charge is 0.368 e. The third kappa shape index (κ3) is 2.46. The lowest BCUT2D eigenvalue weighted by Gasteiger charge is -2.50. The van der Waals surface area contributed by atoms with E-state index in [0.29, 0.717) is 24.5 Å². The first-order chi connectivity index (χ1) is 10.1. The zero-order valence-electron chi connectivity index (χ0n) is 12.1. The van der Waals surface area contributed by atoms with Gasteiger partial charge in [-0.15, -0.1) is 0 Å². The average molecular weight is 287 g/mol.